The Hall–Kier alpha value is -2.44. The van der Waals surface area contributed by atoms with E-state index in [9.17, 15) is 19.0 Å². The summed E-state index contributed by atoms with van der Waals surface area (Å²) in [5.41, 5.74) is -0.139. The number of ether oxygens (including phenoxy) is 1. The van der Waals surface area contributed by atoms with Gasteiger partial charge in [0.1, 0.15) is 17.4 Å². The Labute approximate surface area is 169 Å². The van der Waals surface area contributed by atoms with Crippen LogP contribution < -0.4 is 10.1 Å². The molecule has 0 saturated carbocycles. The highest BCUT2D eigenvalue weighted by Crippen LogP contribution is 2.49. The van der Waals surface area contributed by atoms with Crippen molar-refractivity contribution in [2.45, 2.75) is 38.9 Å². The fraction of sp³-hybridized carbons (Fsp3) is 0.391. The molecule has 3 N–H and O–H groups in total. The molecule has 0 heterocycles. The van der Waals surface area contributed by atoms with E-state index in [1.165, 1.54) is 31.4 Å². The maximum Gasteiger partial charge on any atom is 0.146 e. The summed E-state index contributed by atoms with van der Waals surface area (Å²) in [6, 6.07) is 10.3. The van der Waals surface area contributed by atoms with Crippen molar-refractivity contribution in [2.24, 2.45) is 5.41 Å². The molecule has 29 heavy (non-hydrogen) atoms. The number of para-hydroxylation sites is 1. The Kier molecular flexibility index (Phi) is 5.70. The zero-order chi connectivity index (χ0) is 21.4. The van der Waals surface area contributed by atoms with E-state index in [4.69, 9.17) is 4.74 Å². The molecule has 0 radical (unpaired) electrons. The number of hydrogen-bond donors (Lipinski definition) is 3. The molecule has 4 nitrogen and oxygen atoms in total. The molecule has 1 aliphatic carbocycles. The molecule has 6 heteroatoms. The van der Waals surface area contributed by atoms with Gasteiger partial charge in [0, 0.05) is 18.2 Å². The molecule has 0 spiro atoms. The Bertz CT molecular complexity index is 937. The highest BCUT2D eigenvalue weighted by molar-refractivity contribution is 5.79. The second-order valence-electron chi connectivity index (χ2n) is 8.41. The van der Waals surface area contributed by atoms with Crippen molar-refractivity contribution < 1.29 is 23.7 Å². The molecule has 0 fully saturated rings. The van der Waals surface area contributed by atoms with Crippen LogP contribution in [0.2, 0.25) is 0 Å². The van der Waals surface area contributed by atoms with Gasteiger partial charge in [0.15, 0.2) is 0 Å². The third kappa shape index (κ3) is 4.14. The summed E-state index contributed by atoms with van der Waals surface area (Å²) in [6.45, 7) is 5.51. The summed E-state index contributed by atoms with van der Waals surface area (Å²) in [7, 11) is 1.43. The smallest absolute Gasteiger partial charge is 0.146 e. The third-order valence-electron chi connectivity index (χ3n) is 5.57. The number of nitrogens with one attached hydrogen (secondary N) is 1. The third-order valence-corrected chi connectivity index (χ3v) is 5.57. The first-order valence-corrected chi connectivity index (χ1v) is 9.53. The molecule has 3 rings (SSSR count). The Morgan fingerprint density at radius 3 is 2.48 bits per heavy atom. The predicted molar refractivity (Wildman–Crippen MR) is 110 cm³/mol. The highest BCUT2D eigenvalue weighted by atomic mass is 19.1. The molecule has 0 amide bonds. The first-order chi connectivity index (χ1) is 13.6. The molecule has 0 aliphatic heterocycles. The molecule has 0 bridgehead atoms. The molecule has 2 unspecified atom stereocenters. The Balaban J connectivity index is 2.16. The van der Waals surface area contributed by atoms with Crippen LogP contribution in [0.4, 0.5) is 14.5 Å². The monoisotopic (exact) mass is 403 g/mol. The largest absolute Gasteiger partial charge is 0.496 e. The van der Waals surface area contributed by atoms with Crippen LogP contribution in [0.5, 0.6) is 5.75 Å². The normalized spacial score (nSPS) is 23.8. The van der Waals surface area contributed by atoms with E-state index < -0.39 is 28.8 Å². The average Bonchev–Trinajstić information content (AvgIpc) is 2.64. The van der Waals surface area contributed by atoms with E-state index in [1.54, 1.807) is 25.1 Å². The van der Waals surface area contributed by atoms with E-state index in [0.717, 1.165) is 0 Å². The van der Waals surface area contributed by atoms with Gasteiger partial charge in [-0.15, -0.1) is 0 Å². The van der Waals surface area contributed by atoms with Gasteiger partial charge >= 0.3 is 0 Å². The number of methoxy groups -OCH3 is 1. The van der Waals surface area contributed by atoms with Gasteiger partial charge in [-0.1, -0.05) is 26.0 Å². The molecule has 0 aromatic heterocycles. The minimum Gasteiger partial charge on any atom is -0.496 e. The van der Waals surface area contributed by atoms with Crippen LogP contribution in [-0.2, 0) is 0 Å². The lowest BCUT2D eigenvalue weighted by atomic mass is 9.64. The molecular formula is C23H27F2NO3. The quantitative estimate of drug-likeness (QED) is 0.693. The van der Waals surface area contributed by atoms with Crippen LogP contribution in [0.1, 0.15) is 32.8 Å². The molecule has 0 saturated heterocycles. The van der Waals surface area contributed by atoms with Crippen LogP contribution >= 0.6 is 0 Å². The van der Waals surface area contributed by atoms with Crippen LogP contribution in [0, 0.1) is 17.0 Å². The van der Waals surface area contributed by atoms with E-state index >= 15 is 0 Å². The van der Waals surface area contributed by atoms with Gasteiger partial charge < -0.3 is 20.3 Å². The van der Waals surface area contributed by atoms with Gasteiger partial charge in [-0.2, -0.15) is 0 Å². The first-order valence-electron chi connectivity index (χ1n) is 9.53. The van der Waals surface area contributed by atoms with Gasteiger partial charge in [-0.3, -0.25) is 0 Å². The Morgan fingerprint density at radius 1 is 1.14 bits per heavy atom. The van der Waals surface area contributed by atoms with Crippen molar-refractivity contribution in [3.8, 4) is 5.75 Å². The minimum atomic E-state index is -1.27. The van der Waals surface area contributed by atoms with Crippen molar-refractivity contribution in [3.63, 3.8) is 0 Å². The summed E-state index contributed by atoms with van der Waals surface area (Å²) in [5.74, 6) is -0.616. The number of benzene rings is 2. The number of aliphatic hydroxyl groups is 2. The molecule has 2 aromatic carbocycles. The molecule has 1 aliphatic rings. The topological polar surface area (TPSA) is 61.7 Å². The number of halogens is 2. The Morgan fingerprint density at radius 2 is 1.83 bits per heavy atom. The van der Waals surface area contributed by atoms with Crippen molar-refractivity contribution in [2.75, 3.05) is 19.0 Å². The zero-order valence-electron chi connectivity index (χ0n) is 17.1. The lowest BCUT2D eigenvalue weighted by molar-refractivity contribution is -0.0112. The summed E-state index contributed by atoms with van der Waals surface area (Å²) in [5, 5.41) is 25.5. The number of hydrogen-bond acceptors (Lipinski definition) is 4. The van der Waals surface area contributed by atoms with Crippen LogP contribution in [0.25, 0.3) is 5.57 Å². The molecule has 156 valence electrons. The van der Waals surface area contributed by atoms with Crippen LogP contribution in [0.3, 0.4) is 0 Å². The number of aliphatic hydroxyl groups excluding tert-OH is 1. The SMILES string of the molecule is COc1cc(F)ccc1C1=C(CNc2ccccc2F)C(C)(O)CC(C)(C)C1O. The van der Waals surface area contributed by atoms with Crippen molar-refractivity contribution in [1.29, 1.82) is 0 Å². The van der Waals surface area contributed by atoms with E-state index in [0.29, 0.717) is 28.8 Å². The summed E-state index contributed by atoms with van der Waals surface area (Å²) in [6.07, 6.45) is -0.623. The number of rotatable bonds is 5. The molecular weight excluding hydrogens is 376 g/mol. The minimum absolute atomic E-state index is 0.108. The number of anilines is 1. The van der Waals surface area contributed by atoms with E-state index in [-0.39, 0.29) is 12.3 Å². The van der Waals surface area contributed by atoms with Crippen LogP contribution in [-0.4, -0.2) is 35.6 Å². The van der Waals surface area contributed by atoms with Crippen molar-refractivity contribution in [3.05, 3.63) is 65.2 Å². The van der Waals surface area contributed by atoms with Crippen molar-refractivity contribution >= 4 is 11.3 Å². The lowest BCUT2D eigenvalue weighted by Gasteiger charge is -2.46. The van der Waals surface area contributed by atoms with E-state index in [2.05, 4.69) is 5.32 Å². The lowest BCUT2D eigenvalue weighted by Crippen LogP contribution is -2.47. The summed E-state index contributed by atoms with van der Waals surface area (Å²) >= 11 is 0. The van der Waals surface area contributed by atoms with Gasteiger partial charge in [0.05, 0.1) is 24.5 Å². The van der Waals surface area contributed by atoms with Crippen LogP contribution in [0.15, 0.2) is 48.0 Å². The zero-order valence-corrected chi connectivity index (χ0v) is 17.1. The maximum atomic E-state index is 14.1. The maximum absolute atomic E-state index is 14.1. The molecule has 2 atom stereocenters. The predicted octanol–water partition coefficient (Wildman–Crippen LogP) is 4.38. The van der Waals surface area contributed by atoms with Crippen molar-refractivity contribution in [1.82, 2.24) is 0 Å². The summed E-state index contributed by atoms with van der Waals surface area (Å²) < 4.78 is 33.2. The van der Waals surface area contributed by atoms with Gasteiger partial charge in [0.25, 0.3) is 0 Å². The first kappa shape index (κ1) is 21.3. The fourth-order valence-corrected chi connectivity index (χ4v) is 4.21. The molecule has 2 aromatic rings. The highest BCUT2D eigenvalue weighted by Gasteiger charge is 2.47. The fourth-order valence-electron chi connectivity index (χ4n) is 4.21. The van der Waals surface area contributed by atoms with E-state index in [1.807, 2.05) is 13.8 Å². The summed E-state index contributed by atoms with van der Waals surface area (Å²) in [4.78, 5) is 0. The average molecular weight is 403 g/mol. The standard InChI is InChI=1S/C23H27F2NO3/c1-22(2)13-23(3,28)16(12-26-18-8-6-5-7-17(18)25)20(21(22)27)15-10-9-14(24)11-19(15)29-4/h5-11,21,26-28H,12-13H2,1-4H3. The second kappa shape index (κ2) is 7.76. The van der Waals surface area contributed by atoms with Gasteiger partial charge in [-0.25, -0.2) is 8.78 Å². The second-order valence-corrected chi connectivity index (χ2v) is 8.41. The van der Waals surface area contributed by atoms with Gasteiger partial charge in [-0.05, 0) is 54.2 Å². The van der Waals surface area contributed by atoms with Gasteiger partial charge in [0.2, 0.25) is 0 Å².